The summed E-state index contributed by atoms with van der Waals surface area (Å²) >= 11 is 3.19. The van der Waals surface area contributed by atoms with Crippen LogP contribution in [0.1, 0.15) is 25.6 Å². The predicted octanol–water partition coefficient (Wildman–Crippen LogP) is 3.68. The lowest BCUT2D eigenvalue weighted by molar-refractivity contribution is 0.487. The topological polar surface area (TPSA) is 54.7 Å². The summed E-state index contributed by atoms with van der Waals surface area (Å²) in [5, 5.41) is 0. The number of nitrogens with one attached hydrogen (secondary N) is 1. The average molecular weight is 326 g/mol. The summed E-state index contributed by atoms with van der Waals surface area (Å²) in [7, 11) is 0. The molecule has 5 heteroatoms. The molecular weight excluding hydrogens is 309 g/mol. The number of aromatic nitrogens is 2. The van der Waals surface area contributed by atoms with Crippen molar-refractivity contribution in [3.63, 3.8) is 0 Å². The van der Waals surface area contributed by atoms with E-state index < -0.39 is 0 Å². The molecule has 1 atom stereocenters. The van der Waals surface area contributed by atoms with E-state index in [0.717, 1.165) is 17.1 Å². The SMILES string of the molecule is CC(C)C(CN)c1ncc(-c2ccc(F)c(Br)c2)[nH]1. The van der Waals surface area contributed by atoms with Crippen molar-refractivity contribution in [2.45, 2.75) is 19.8 Å². The van der Waals surface area contributed by atoms with Crippen LogP contribution in [-0.2, 0) is 0 Å². The van der Waals surface area contributed by atoms with E-state index in [-0.39, 0.29) is 11.7 Å². The van der Waals surface area contributed by atoms with Gasteiger partial charge in [-0.3, -0.25) is 0 Å². The number of hydrogen-bond donors (Lipinski definition) is 2. The zero-order valence-electron chi connectivity index (χ0n) is 11.0. The number of nitrogens with two attached hydrogens (primary N) is 1. The number of benzene rings is 1. The van der Waals surface area contributed by atoms with Crippen molar-refractivity contribution in [2.75, 3.05) is 6.54 Å². The summed E-state index contributed by atoms with van der Waals surface area (Å²) in [5.74, 6) is 1.24. The molecule has 1 heterocycles. The van der Waals surface area contributed by atoms with Crippen molar-refractivity contribution in [1.82, 2.24) is 9.97 Å². The molecule has 3 N–H and O–H groups in total. The minimum atomic E-state index is -0.273. The first-order valence-electron chi connectivity index (χ1n) is 6.23. The Labute approximate surface area is 120 Å². The predicted molar refractivity (Wildman–Crippen MR) is 78.3 cm³/mol. The molecule has 0 spiro atoms. The highest BCUT2D eigenvalue weighted by atomic mass is 79.9. The molecule has 0 saturated carbocycles. The van der Waals surface area contributed by atoms with Gasteiger partial charge in [0.25, 0.3) is 0 Å². The van der Waals surface area contributed by atoms with Gasteiger partial charge in [0.1, 0.15) is 11.6 Å². The van der Waals surface area contributed by atoms with Gasteiger partial charge in [-0.05, 0) is 40.0 Å². The molecule has 3 nitrogen and oxygen atoms in total. The van der Waals surface area contributed by atoms with Crippen LogP contribution in [-0.4, -0.2) is 16.5 Å². The van der Waals surface area contributed by atoms with Gasteiger partial charge in [0.2, 0.25) is 0 Å². The molecule has 0 amide bonds. The van der Waals surface area contributed by atoms with Gasteiger partial charge in [0.05, 0.1) is 16.4 Å². The standard InChI is InChI=1S/C14H17BrFN3/c1-8(2)10(6-17)14-18-7-13(19-14)9-3-4-12(16)11(15)5-9/h3-5,7-8,10H,6,17H2,1-2H3,(H,18,19). The fourth-order valence-electron chi connectivity index (χ4n) is 2.03. The maximum atomic E-state index is 13.2. The van der Waals surface area contributed by atoms with Crippen LogP contribution in [0.4, 0.5) is 4.39 Å². The summed E-state index contributed by atoms with van der Waals surface area (Å²) in [6.45, 7) is 4.79. The molecule has 0 radical (unpaired) electrons. The molecule has 102 valence electrons. The molecule has 19 heavy (non-hydrogen) atoms. The number of aromatic amines is 1. The zero-order valence-corrected chi connectivity index (χ0v) is 12.5. The second kappa shape index (κ2) is 5.84. The summed E-state index contributed by atoms with van der Waals surface area (Å²) in [4.78, 5) is 7.67. The highest BCUT2D eigenvalue weighted by Gasteiger charge is 2.17. The first-order valence-corrected chi connectivity index (χ1v) is 7.02. The Morgan fingerprint density at radius 2 is 2.16 bits per heavy atom. The van der Waals surface area contributed by atoms with E-state index in [1.165, 1.54) is 6.07 Å². The monoisotopic (exact) mass is 325 g/mol. The maximum absolute atomic E-state index is 13.2. The largest absolute Gasteiger partial charge is 0.342 e. The second-order valence-electron chi connectivity index (χ2n) is 4.90. The molecule has 2 aromatic rings. The average Bonchev–Trinajstić information content (AvgIpc) is 2.82. The lowest BCUT2D eigenvalue weighted by atomic mass is 9.95. The molecule has 0 fully saturated rings. The number of halogens is 2. The van der Waals surface area contributed by atoms with Gasteiger partial charge in [0.15, 0.2) is 0 Å². The summed E-state index contributed by atoms with van der Waals surface area (Å²) in [5.41, 5.74) is 7.55. The van der Waals surface area contributed by atoms with E-state index in [9.17, 15) is 4.39 Å². The van der Waals surface area contributed by atoms with Crippen LogP contribution in [0.15, 0.2) is 28.9 Å². The number of imidazole rings is 1. The summed E-state index contributed by atoms with van der Waals surface area (Å²) in [6, 6.07) is 4.90. The van der Waals surface area contributed by atoms with E-state index in [1.54, 1.807) is 18.3 Å². The van der Waals surface area contributed by atoms with Crippen LogP contribution in [0.25, 0.3) is 11.3 Å². The van der Waals surface area contributed by atoms with Crippen molar-refractivity contribution in [2.24, 2.45) is 11.7 Å². The van der Waals surface area contributed by atoms with Crippen LogP contribution in [0, 0.1) is 11.7 Å². The lowest BCUT2D eigenvalue weighted by Gasteiger charge is -2.15. The van der Waals surface area contributed by atoms with Gasteiger partial charge in [-0.25, -0.2) is 9.37 Å². The fraction of sp³-hybridized carbons (Fsp3) is 0.357. The minimum absolute atomic E-state index is 0.206. The number of rotatable bonds is 4. The quantitative estimate of drug-likeness (QED) is 0.900. The molecule has 2 rings (SSSR count). The van der Waals surface area contributed by atoms with Gasteiger partial charge >= 0.3 is 0 Å². The van der Waals surface area contributed by atoms with Crippen molar-refractivity contribution in [3.8, 4) is 11.3 Å². The molecular formula is C14H17BrFN3. The highest BCUT2D eigenvalue weighted by molar-refractivity contribution is 9.10. The Kier molecular flexibility index (Phi) is 4.37. The summed E-state index contributed by atoms with van der Waals surface area (Å²) in [6.07, 6.45) is 1.76. The van der Waals surface area contributed by atoms with E-state index in [1.807, 2.05) is 0 Å². The van der Waals surface area contributed by atoms with Gasteiger partial charge in [-0.15, -0.1) is 0 Å². The van der Waals surface area contributed by atoms with Crippen molar-refractivity contribution in [3.05, 3.63) is 40.5 Å². The molecule has 0 bridgehead atoms. The smallest absolute Gasteiger partial charge is 0.137 e. The van der Waals surface area contributed by atoms with Crippen molar-refractivity contribution in [1.29, 1.82) is 0 Å². The normalized spacial score (nSPS) is 12.9. The van der Waals surface area contributed by atoms with Crippen LogP contribution in [0.3, 0.4) is 0 Å². The third-order valence-corrected chi connectivity index (χ3v) is 3.84. The second-order valence-corrected chi connectivity index (χ2v) is 5.75. The van der Waals surface area contributed by atoms with Crippen LogP contribution >= 0.6 is 15.9 Å². The van der Waals surface area contributed by atoms with Gasteiger partial charge in [-0.2, -0.15) is 0 Å². The van der Waals surface area contributed by atoms with E-state index in [2.05, 4.69) is 39.7 Å². The van der Waals surface area contributed by atoms with Gasteiger partial charge < -0.3 is 10.7 Å². The molecule has 1 aromatic heterocycles. The van der Waals surface area contributed by atoms with Crippen LogP contribution < -0.4 is 5.73 Å². The zero-order chi connectivity index (χ0) is 14.0. The molecule has 0 aliphatic rings. The number of nitrogens with zero attached hydrogens (tertiary/aromatic N) is 1. The summed E-state index contributed by atoms with van der Waals surface area (Å²) < 4.78 is 13.7. The Bertz CT molecular complexity index is 566. The van der Waals surface area contributed by atoms with E-state index >= 15 is 0 Å². The van der Waals surface area contributed by atoms with Gasteiger partial charge in [0, 0.05) is 18.0 Å². The molecule has 0 saturated heterocycles. The Balaban J connectivity index is 2.32. The minimum Gasteiger partial charge on any atom is -0.342 e. The lowest BCUT2D eigenvalue weighted by Crippen LogP contribution is -2.19. The first-order chi connectivity index (χ1) is 9.02. The number of H-pyrrole nitrogens is 1. The third kappa shape index (κ3) is 3.04. The Morgan fingerprint density at radius 1 is 1.42 bits per heavy atom. The maximum Gasteiger partial charge on any atom is 0.137 e. The Morgan fingerprint density at radius 3 is 2.74 bits per heavy atom. The van der Waals surface area contributed by atoms with Crippen LogP contribution in [0.5, 0.6) is 0 Å². The molecule has 0 aliphatic carbocycles. The Hall–Kier alpha value is -1.20. The molecule has 0 aliphatic heterocycles. The van der Waals surface area contributed by atoms with E-state index in [4.69, 9.17) is 5.73 Å². The molecule has 1 unspecified atom stereocenters. The van der Waals surface area contributed by atoms with Crippen molar-refractivity contribution >= 4 is 15.9 Å². The number of hydrogen-bond acceptors (Lipinski definition) is 2. The highest BCUT2D eigenvalue weighted by Crippen LogP contribution is 2.27. The van der Waals surface area contributed by atoms with E-state index in [0.29, 0.717) is 16.9 Å². The van der Waals surface area contributed by atoms with Crippen molar-refractivity contribution < 1.29 is 4.39 Å². The first kappa shape index (κ1) is 14.2. The fourth-order valence-corrected chi connectivity index (χ4v) is 2.41. The molecule has 1 aromatic carbocycles. The third-order valence-electron chi connectivity index (χ3n) is 3.24. The van der Waals surface area contributed by atoms with Gasteiger partial charge in [-0.1, -0.05) is 13.8 Å². The van der Waals surface area contributed by atoms with Crippen LogP contribution in [0.2, 0.25) is 0 Å².